The van der Waals surface area contributed by atoms with Gasteiger partial charge in [0.15, 0.2) is 0 Å². The van der Waals surface area contributed by atoms with Crippen LogP contribution < -0.4 is 19.0 Å². The van der Waals surface area contributed by atoms with Crippen LogP contribution in [0.4, 0.5) is 11.4 Å². The van der Waals surface area contributed by atoms with Crippen LogP contribution in [0.5, 0.6) is 0 Å². The third kappa shape index (κ3) is 4.82. The highest BCUT2D eigenvalue weighted by Crippen LogP contribution is 2.40. The van der Waals surface area contributed by atoms with E-state index in [1.807, 2.05) is 60.7 Å². The molecule has 0 spiro atoms. The molecule has 2 N–H and O–H groups in total. The van der Waals surface area contributed by atoms with Crippen molar-refractivity contribution in [2.75, 3.05) is 8.61 Å². The molecular weight excluding hydrogens is 548 g/mol. The summed E-state index contributed by atoms with van der Waals surface area (Å²) in [5.41, 5.74) is 2.75. The highest BCUT2D eigenvalue weighted by molar-refractivity contribution is 7.88. The number of allylic oxidation sites excluding steroid dienone is 4. The molecule has 204 valence electrons. The van der Waals surface area contributed by atoms with Crippen LogP contribution in [0.3, 0.4) is 0 Å². The zero-order valence-electron chi connectivity index (χ0n) is 21.3. The Kier molecular flexibility index (Phi) is 7.11. The molecule has 2 heterocycles. The molecule has 10 heteroatoms. The van der Waals surface area contributed by atoms with E-state index in [0.29, 0.717) is 30.2 Å². The molecule has 2 aliphatic heterocycles. The normalized spacial score (nSPS) is 15.2. The van der Waals surface area contributed by atoms with Crippen LogP contribution >= 0.6 is 0 Å². The van der Waals surface area contributed by atoms with E-state index in [1.165, 1.54) is 12.2 Å². The Morgan fingerprint density at radius 3 is 1.25 bits per heavy atom. The largest absolute Gasteiger partial charge is 0.364 e. The summed E-state index contributed by atoms with van der Waals surface area (Å²) in [6, 6.07) is 21.7. The zero-order chi connectivity index (χ0) is 28.7. The molecule has 0 bridgehead atoms. The number of rotatable bonds is 8. The summed E-state index contributed by atoms with van der Waals surface area (Å²) >= 11 is 0. The van der Waals surface area contributed by atoms with E-state index in [9.17, 15) is 25.9 Å². The van der Waals surface area contributed by atoms with Crippen LogP contribution in [0, 0.1) is 0 Å². The van der Waals surface area contributed by atoms with E-state index in [1.54, 1.807) is 24.3 Å². The molecule has 0 aromatic heterocycles. The molecular formula is C30H26N2O6S2. The van der Waals surface area contributed by atoms with Gasteiger partial charge < -0.3 is 0 Å². The van der Waals surface area contributed by atoms with Gasteiger partial charge >= 0.3 is 20.6 Å². The van der Waals surface area contributed by atoms with Crippen LogP contribution in [-0.4, -0.2) is 25.9 Å². The Labute approximate surface area is 233 Å². The molecule has 0 fully saturated rings. The monoisotopic (exact) mass is 574 g/mol. The molecule has 0 atom stereocenters. The Morgan fingerprint density at radius 1 is 0.600 bits per heavy atom. The van der Waals surface area contributed by atoms with Gasteiger partial charge in [-0.1, -0.05) is 84.9 Å². The summed E-state index contributed by atoms with van der Waals surface area (Å²) in [7, 11) is -9.96. The van der Waals surface area contributed by atoms with Crippen LogP contribution in [0.25, 0.3) is 11.1 Å². The summed E-state index contributed by atoms with van der Waals surface area (Å²) < 4.78 is 74.5. The Bertz CT molecular complexity index is 1790. The van der Waals surface area contributed by atoms with Crippen molar-refractivity contribution in [3.8, 4) is 0 Å². The van der Waals surface area contributed by atoms with E-state index >= 15 is 0 Å². The summed E-state index contributed by atoms with van der Waals surface area (Å²) in [5.74, 6) is 0. The maximum Gasteiger partial charge on any atom is 0.364 e. The lowest BCUT2D eigenvalue weighted by Gasteiger charge is -2.35. The Balaban J connectivity index is 2.07. The van der Waals surface area contributed by atoms with Crippen molar-refractivity contribution < 1.29 is 25.9 Å². The average Bonchev–Trinajstić information content (AvgIpc) is 2.92. The Hall–Kier alpha value is -4.22. The quantitative estimate of drug-likeness (QED) is 0.307. The van der Waals surface area contributed by atoms with Crippen molar-refractivity contribution in [1.82, 2.24) is 0 Å². The fraction of sp³-hybridized carbons (Fsp3) is 0.0667. The second-order valence-corrected chi connectivity index (χ2v) is 11.7. The lowest BCUT2D eigenvalue weighted by atomic mass is 9.92. The van der Waals surface area contributed by atoms with Gasteiger partial charge in [-0.25, -0.2) is 8.61 Å². The van der Waals surface area contributed by atoms with Gasteiger partial charge in [0.2, 0.25) is 0 Å². The standard InChI is InChI=1S/C30H26N2O6S2/c1-3-11-23-19-27(21-13-7-5-8-14-21)25-17-18-26-28(22-15-9-6-10-16-22)20-24(12-4-2)32(40(36,37)38)30(26)29(25)31(23)39(33,34)35/h3-10,13-20H,1-2,11-12H2,(H,33,34,35)(H,36,37,38). The lowest BCUT2D eigenvalue weighted by molar-refractivity contribution is 0.477. The van der Waals surface area contributed by atoms with Crippen molar-refractivity contribution in [1.29, 1.82) is 0 Å². The molecule has 3 aromatic rings. The van der Waals surface area contributed by atoms with E-state index in [4.69, 9.17) is 0 Å². The predicted molar refractivity (Wildman–Crippen MR) is 157 cm³/mol. The first kappa shape index (κ1) is 27.4. The van der Waals surface area contributed by atoms with Crippen LogP contribution in [-0.2, 0) is 20.6 Å². The minimum atomic E-state index is -4.98. The molecule has 0 aliphatic carbocycles. The van der Waals surface area contributed by atoms with Crippen molar-refractivity contribution in [2.45, 2.75) is 12.8 Å². The van der Waals surface area contributed by atoms with E-state index in [2.05, 4.69) is 13.2 Å². The summed E-state index contributed by atoms with van der Waals surface area (Å²) in [4.78, 5) is 0. The van der Waals surface area contributed by atoms with Gasteiger partial charge in [-0.3, -0.25) is 9.11 Å². The fourth-order valence-electron chi connectivity index (χ4n) is 5.14. The second kappa shape index (κ2) is 10.4. The average molecular weight is 575 g/mol. The first-order chi connectivity index (χ1) is 19.1. The van der Waals surface area contributed by atoms with Gasteiger partial charge in [0.25, 0.3) is 0 Å². The lowest BCUT2D eigenvalue weighted by Crippen LogP contribution is -2.44. The topological polar surface area (TPSA) is 115 Å². The molecule has 40 heavy (non-hydrogen) atoms. The maximum absolute atomic E-state index is 13.0. The number of benzene rings is 3. The molecule has 0 radical (unpaired) electrons. The minimum absolute atomic E-state index is 0.0374. The fourth-order valence-corrected chi connectivity index (χ4v) is 6.82. The van der Waals surface area contributed by atoms with Crippen molar-refractivity contribution in [3.63, 3.8) is 0 Å². The van der Waals surface area contributed by atoms with E-state index < -0.39 is 20.6 Å². The number of fused-ring (bicyclic) bond motifs is 3. The van der Waals surface area contributed by atoms with Crippen LogP contribution in [0.1, 0.15) is 24.0 Å². The summed E-state index contributed by atoms with van der Waals surface area (Å²) in [6.07, 6.45) is 6.30. The van der Waals surface area contributed by atoms with Gasteiger partial charge in [0, 0.05) is 34.7 Å². The molecule has 3 aromatic carbocycles. The smallest absolute Gasteiger partial charge is 0.269 e. The van der Waals surface area contributed by atoms with E-state index in [-0.39, 0.29) is 35.6 Å². The van der Waals surface area contributed by atoms with Crippen molar-refractivity contribution >= 4 is 43.1 Å². The Morgan fingerprint density at radius 2 is 0.950 bits per heavy atom. The van der Waals surface area contributed by atoms with Gasteiger partial charge in [-0.05, 0) is 34.4 Å². The highest BCUT2D eigenvalue weighted by Gasteiger charge is 2.38. The second-order valence-electron chi connectivity index (χ2n) is 9.16. The molecule has 0 amide bonds. The molecule has 0 saturated carbocycles. The van der Waals surface area contributed by atoms with Crippen molar-refractivity contribution in [3.05, 3.63) is 143 Å². The van der Waals surface area contributed by atoms with Crippen molar-refractivity contribution in [2.24, 2.45) is 0 Å². The van der Waals surface area contributed by atoms with Gasteiger partial charge in [-0.2, -0.15) is 16.8 Å². The van der Waals surface area contributed by atoms with Gasteiger partial charge in [0.05, 0.1) is 11.4 Å². The van der Waals surface area contributed by atoms with Crippen LogP contribution in [0.15, 0.2) is 122 Å². The zero-order valence-corrected chi connectivity index (χ0v) is 22.9. The third-order valence-electron chi connectivity index (χ3n) is 6.62. The molecule has 8 nitrogen and oxygen atoms in total. The molecule has 0 unspecified atom stereocenters. The number of hydrogen-bond acceptors (Lipinski definition) is 4. The molecule has 2 aliphatic rings. The van der Waals surface area contributed by atoms with Gasteiger partial charge in [-0.15, -0.1) is 13.2 Å². The first-order valence-electron chi connectivity index (χ1n) is 12.3. The molecule has 5 rings (SSSR count). The minimum Gasteiger partial charge on any atom is -0.269 e. The number of hydrogen-bond donors (Lipinski definition) is 2. The maximum atomic E-state index is 13.0. The predicted octanol–water partition coefficient (Wildman–Crippen LogP) is 4.25. The SMILES string of the molecule is C=CCC1=CC(c2ccccc2)=c2ccc3c(c2N1S(=O)(=O)O)N(S(=O)(=O)O)C(CC=C)=CC=3c1ccccc1. The molecule has 0 saturated heterocycles. The highest BCUT2D eigenvalue weighted by atomic mass is 32.2. The summed E-state index contributed by atoms with van der Waals surface area (Å²) in [6.45, 7) is 7.46. The number of anilines is 2. The number of nitrogens with zero attached hydrogens (tertiary/aromatic N) is 2. The van der Waals surface area contributed by atoms with Gasteiger partial charge in [0.1, 0.15) is 0 Å². The van der Waals surface area contributed by atoms with Crippen LogP contribution in [0.2, 0.25) is 0 Å². The summed E-state index contributed by atoms with van der Waals surface area (Å²) in [5, 5.41) is 0.688. The first-order valence-corrected chi connectivity index (χ1v) is 15.1. The third-order valence-corrected chi connectivity index (χ3v) is 8.38. The van der Waals surface area contributed by atoms with E-state index in [0.717, 1.165) is 11.1 Å².